The Bertz CT molecular complexity index is 738. The lowest BCUT2D eigenvalue weighted by molar-refractivity contribution is 0.545. The van der Waals surface area contributed by atoms with Gasteiger partial charge in [-0.2, -0.15) is 5.10 Å². The van der Waals surface area contributed by atoms with E-state index in [1.54, 1.807) is 23.0 Å². The molecule has 0 aromatic carbocycles. The summed E-state index contributed by atoms with van der Waals surface area (Å²) in [6, 6.07) is 7.36. The average molecular weight is 284 g/mol. The van der Waals surface area contributed by atoms with Gasteiger partial charge in [0.2, 0.25) is 0 Å². The van der Waals surface area contributed by atoms with Crippen LogP contribution in [0, 0.1) is 5.82 Å². The molecule has 0 spiro atoms. The van der Waals surface area contributed by atoms with E-state index < -0.39 is 0 Å². The van der Waals surface area contributed by atoms with E-state index in [0.29, 0.717) is 5.56 Å². The van der Waals surface area contributed by atoms with Gasteiger partial charge in [0.1, 0.15) is 5.82 Å². The van der Waals surface area contributed by atoms with Gasteiger partial charge >= 0.3 is 0 Å². The Balaban J connectivity index is 2.09. The zero-order valence-electron chi connectivity index (χ0n) is 11.8. The maximum atomic E-state index is 14.1. The van der Waals surface area contributed by atoms with Crippen molar-refractivity contribution in [1.29, 1.82) is 0 Å². The molecule has 3 rings (SSSR count). The first-order valence-electron chi connectivity index (χ1n) is 7.06. The summed E-state index contributed by atoms with van der Waals surface area (Å²) in [5.74, 6) is -0.304. The van der Waals surface area contributed by atoms with Crippen molar-refractivity contribution in [2.24, 2.45) is 0 Å². The molecule has 5 heteroatoms. The molecule has 21 heavy (non-hydrogen) atoms. The minimum absolute atomic E-state index is 0.229. The Hall–Kier alpha value is -2.27. The summed E-state index contributed by atoms with van der Waals surface area (Å²) in [6.07, 6.45) is 7.52. The molecular weight excluding hydrogens is 267 g/mol. The maximum Gasteiger partial charge on any atom is 0.146 e. The van der Waals surface area contributed by atoms with Crippen molar-refractivity contribution >= 4 is 5.52 Å². The molecule has 0 bridgehead atoms. The summed E-state index contributed by atoms with van der Waals surface area (Å²) in [7, 11) is 0. The number of pyridine rings is 2. The SMILES string of the molecule is CCCNC(c1ccncc1F)c1cnn2ccccc12. The lowest BCUT2D eigenvalue weighted by Crippen LogP contribution is -2.24. The van der Waals surface area contributed by atoms with E-state index in [9.17, 15) is 4.39 Å². The van der Waals surface area contributed by atoms with Crippen LogP contribution in [-0.4, -0.2) is 21.1 Å². The fourth-order valence-electron chi connectivity index (χ4n) is 2.47. The van der Waals surface area contributed by atoms with Crippen LogP contribution in [0.1, 0.15) is 30.5 Å². The average Bonchev–Trinajstić information content (AvgIpc) is 2.93. The number of fused-ring (bicyclic) bond motifs is 1. The van der Waals surface area contributed by atoms with Crippen LogP contribution in [0.5, 0.6) is 0 Å². The van der Waals surface area contributed by atoms with E-state index in [2.05, 4.69) is 22.3 Å². The minimum atomic E-state index is -0.304. The lowest BCUT2D eigenvalue weighted by Gasteiger charge is -2.18. The fourth-order valence-corrected chi connectivity index (χ4v) is 2.47. The van der Waals surface area contributed by atoms with Gasteiger partial charge in [-0.25, -0.2) is 8.91 Å². The van der Waals surface area contributed by atoms with Gasteiger partial charge in [-0.3, -0.25) is 4.98 Å². The second-order valence-electron chi connectivity index (χ2n) is 4.91. The number of halogens is 1. The van der Waals surface area contributed by atoms with E-state index in [4.69, 9.17) is 0 Å². The Labute approximate surface area is 122 Å². The predicted molar refractivity (Wildman–Crippen MR) is 79.5 cm³/mol. The topological polar surface area (TPSA) is 42.2 Å². The van der Waals surface area contributed by atoms with Gasteiger partial charge in [0.15, 0.2) is 0 Å². The van der Waals surface area contributed by atoms with Crippen molar-refractivity contribution in [2.75, 3.05) is 6.54 Å². The second kappa shape index (κ2) is 6.01. The molecule has 1 unspecified atom stereocenters. The van der Waals surface area contributed by atoms with Crippen LogP contribution in [0.15, 0.2) is 49.1 Å². The largest absolute Gasteiger partial charge is 0.306 e. The third kappa shape index (κ3) is 2.64. The van der Waals surface area contributed by atoms with E-state index in [1.165, 1.54) is 6.20 Å². The molecule has 4 nitrogen and oxygen atoms in total. The van der Waals surface area contributed by atoms with Gasteiger partial charge in [0, 0.05) is 23.5 Å². The summed E-state index contributed by atoms with van der Waals surface area (Å²) in [5.41, 5.74) is 2.54. The Morgan fingerprint density at radius 3 is 2.95 bits per heavy atom. The highest BCUT2D eigenvalue weighted by molar-refractivity contribution is 5.57. The first-order valence-corrected chi connectivity index (χ1v) is 7.06. The van der Waals surface area contributed by atoms with Gasteiger partial charge in [-0.1, -0.05) is 13.0 Å². The number of nitrogens with zero attached hydrogens (tertiary/aromatic N) is 3. The third-order valence-electron chi connectivity index (χ3n) is 3.48. The van der Waals surface area contributed by atoms with E-state index >= 15 is 0 Å². The normalized spacial score (nSPS) is 12.7. The standard InChI is InChI=1S/C16H17FN4/c1-2-7-19-16(12-6-8-18-11-14(12)17)13-10-20-21-9-4-3-5-15(13)21/h3-6,8-11,16,19H,2,7H2,1H3. The molecule has 3 aromatic rings. The molecule has 3 heterocycles. The molecule has 3 aromatic heterocycles. The van der Waals surface area contributed by atoms with Crippen LogP contribution in [0.4, 0.5) is 4.39 Å². The molecule has 0 aliphatic heterocycles. The molecule has 1 atom stereocenters. The quantitative estimate of drug-likeness (QED) is 0.783. The third-order valence-corrected chi connectivity index (χ3v) is 3.48. The molecule has 108 valence electrons. The van der Waals surface area contributed by atoms with Gasteiger partial charge < -0.3 is 5.32 Å². The van der Waals surface area contributed by atoms with Crippen molar-refractivity contribution < 1.29 is 4.39 Å². The van der Waals surface area contributed by atoms with Crippen LogP contribution >= 0.6 is 0 Å². The zero-order chi connectivity index (χ0) is 14.7. The molecule has 0 radical (unpaired) electrons. The van der Waals surface area contributed by atoms with Gasteiger partial charge in [0.25, 0.3) is 0 Å². The maximum absolute atomic E-state index is 14.1. The summed E-state index contributed by atoms with van der Waals surface area (Å²) in [4.78, 5) is 3.83. The fraction of sp³-hybridized carbons (Fsp3) is 0.250. The zero-order valence-corrected chi connectivity index (χ0v) is 11.8. The highest BCUT2D eigenvalue weighted by atomic mass is 19.1. The summed E-state index contributed by atoms with van der Waals surface area (Å²) >= 11 is 0. The Kier molecular flexibility index (Phi) is 3.92. The lowest BCUT2D eigenvalue weighted by atomic mass is 10.00. The molecule has 0 aliphatic rings. The molecule has 0 fully saturated rings. The number of hydrogen-bond donors (Lipinski definition) is 1. The van der Waals surface area contributed by atoms with Crippen molar-refractivity contribution in [2.45, 2.75) is 19.4 Å². The smallest absolute Gasteiger partial charge is 0.146 e. The predicted octanol–water partition coefficient (Wildman–Crippen LogP) is 2.96. The summed E-state index contributed by atoms with van der Waals surface area (Å²) < 4.78 is 15.9. The van der Waals surface area contributed by atoms with Crippen molar-refractivity contribution in [3.05, 3.63) is 66.0 Å². The molecule has 0 saturated heterocycles. The number of hydrogen-bond acceptors (Lipinski definition) is 3. The second-order valence-corrected chi connectivity index (χ2v) is 4.91. The van der Waals surface area contributed by atoms with Crippen LogP contribution in [0.3, 0.4) is 0 Å². The summed E-state index contributed by atoms with van der Waals surface area (Å²) in [5, 5.41) is 7.74. The van der Waals surface area contributed by atoms with E-state index in [-0.39, 0.29) is 11.9 Å². The Morgan fingerprint density at radius 1 is 1.24 bits per heavy atom. The minimum Gasteiger partial charge on any atom is -0.306 e. The van der Waals surface area contributed by atoms with E-state index in [1.807, 2.05) is 24.4 Å². The first kappa shape index (κ1) is 13.7. The van der Waals surface area contributed by atoms with Crippen LogP contribution < -0.4 is 5.32 Å². The molecule has 1 N–H and O–H groups in total. The molecular formula is C16H17FN4. The van der Waals surface area contributed by atoms with E-state index in [0.717, 1.165) is 24.0 Å². The van der Waals surface area contributed by atoms with Crippen LogP contribution in [0.2, 0.25) is 0 Å². The molecule has 0 aliphatic carbocycles. The number of aromatic nitrogens is 3. The first-order chi connectivity index (χ1) is 10.3. The Morgan fingerprint density at radius 2 is 2.14 bits per heavy atom. The highest BCUT2D eigenvalue weighted by Gasteiger charge is 2.20. The van der Waals surface area contributed by atoms with Crippen LogP contribution in [-0.2, 0) is 0 Å². The number of rotatable bonds is 5. The monoisotopic (exact) mass is 284 g/mol. The van der Waals surface area contributed by atoms with Crippen molar-refractivity contribution in [1.82, 2.24) is 19.9 Å². The van der Waals surface area contributed by atoms with Crippen molar-refractivity contribution in [3.8, 4) is 0 Å². The van der Waals surface area contributed by atoms with Gasteiger partial charge in [-0.05, 0) is 31.2 Å². The van der Waals surface area contributed by atoms with Crippen LogP contribution in [0.25, 0.3) is 5.52 Å². The summed E-state index contributed by atoms with van der Waals surface area (Å²) in [6.45, 7) is 2.89. The van der Waals surface area contributed by atoms with Crippen molar-refractivity contribution in [3.63, 3.8) is 0 Å². The van der Waals surface area contributed by atoms with Gasteiger partial charge in [-0.15, -0.1) is 0 Å². The molecule has 0 saturated carbocycles. The highest BCUT2D eigenvalue weighted by Crippen LogP contribution is 2.27. The van der Waals surface area contributed by atoms with Gasteiger partial charge in [0.05, 0.1) is 24.0 Å². The number of nitrogens with one attached hydrogen (secondary N) is 1. The molecule has 0 amide bonds.